The molecule has 7 nitrogen and oxygen atoms in total. The summed E-state index contributed by atoms with van der Waals surface area (Å²) >= 11 is 6.04. The zero-order valence-corrected chi connectivity index (χ0v) is 20.5. The van der Waals surface area contributed by atoms with E-state index in [1.165, 1.54) is 4.90 Å². The van der Waals surface area contributed by atoms with E-state index in [0.29, 0.717) is 22.7 Å². The van der Waals surface area contributed by atoms with Crippen molar-refractivity contribution in [1.29, 1.82) is 0 Å². The summed E-state index contributed by atoms with van der Waals surface area (Å²) in [6, 6.07) is 15.0. The monoisotopic (exact) mass is 480 g/mol. The molecular formula is C26H29ClN4O3. The molecule has 34 heavy (non-hydrogen) atoms. The Morgan fingerprint density at radius 3 is 2.38 bits per heavy atom. The molecule has 0 fully saturated rings. The first-order valence-corrected chi connectivity index (χ1v) is 11.6. The summed E-state index contributed by atoms with van der Waals surface area (Å²) in [7, 11) is 1.64. The van der Waals surface area contributed by atoms with Crippen LogP contribution < -0.4 is 10.6 Å². The topological polar surface area (TPSA) is 81.8 Å². The molecule has 2 aliphatic heterocycles. The van der Waals surface area contributed by atoms with E-state index >= 15 is 0 Å². The molecular weight excluding hydrogens is 452 g/mol. The minimum Gasteiger partial charge on any atom is -0.350 e. The number of hydrogen-bond donors (Lipinski definition) is 2. The maximum atomic E-state index is 13.8. The number of nitrogens with one attached hydrogen (secondary N) is 2. The molecule has 0 saturated carbocycles. The second kappa shape index (κ2) is 9.14. The molecule has 4 rings (SSSR count). The van der Waals surface area contributed by atoms with Crippen LogP contribution in [0.1, 0.15) is 37.9 Å². The fourth-order valence-electron chi connectivity index (χ4n) is 4.38. The molecule has 0 aliphatic carbocycles. The van der Waals surface area contributed by atoms with Crippen LogP contribution in [0.3, 0.4) is 0 Å². The van der Waals surface area contributed by atoms with E-state index in [1.54, 1.807) is 36.2 Å². The highest BCUT2D eigenvalue weighted by molar-refractivity contribution is 6.30. The van der Waals surface area contributed by atoms with Gasteiger partial charge < -0.3 is 15.5 Å². The SMILES string of the molecule is CN1C(=O)N[C@@H](c2ccc(Cl)cc2)C2=C1CN([C@@H](Cc1ccccc1)C(=O)NC(C)(C)C)C2=O. The third-order valence-electron chi connectivity index (χ3n) is 6.04. The van der Waals surface area contributed by atoms with E-state index in [4.69, 9.17) is 11.6 Å². The number of hydrogen-bond acceptors (Lipinski definition) is 3. The van der Waals surface area contributed by atoms with Crippen molar-refractivity contribution >= 4 is 29.4 Å². The van der Waals surface area contributed by atoms with Crippen molar-refractivity contribution in [3.8, 4) is 0 Å². The molecule has 178 valence electrons. The molecule has 8 heteroatoms. The molecule has 2 aliphatic rings. The first-order chi connectivity index (χ1) is 16.0. The van der Waals surface area contributed by atoms with Crippen molar-refractivity contribution in [2.75, 3.05) is 13.6 Å². The summed E-state index contributed by atoms with van der Waals surface area (Å²) in [5, 5.41) is 6.51. The quantitative estimate of drug-likeness (QED) is 0.685. The number of nitrogens with zero attached hydrogens (tertiary/aromatic N) is 2. The number of halogens is 1. The maximum absolute atomic E-state index is 13.8. The van der Waals surface area contributed by atoms with Gasteiger partial charge in [0.1, 0.15) is 6.04 Å². The second-order valence-corrected chi connectivity index (χ2v) is 10.2. The molecule has 0 radical (unpaired) electrons. The first kappa shape index (κ1) is 23.8. The van der Waals surface area contributed by atoms with Crippen LogP contribution in [-0.4, -0.2) is 52.8 Å². The smallest absolute Gasteiger partial charge is 0.322 e. The number of rotatable bonds is 5. The van der Waals surface area contributed by atoms with E-state index in [1.807, 2.05) is 51.1 Å². The lowest BCUT2D eigenvalue weighted by molar-refractivity contribution is -0.137. The van der Waals surface area contributed by atoms with Crippen molar-refractivity contribution in [3.05, 3.63) is 82.0 Å². The molecule has 2 aromatic carbocycles. The molecule has 4 amide bonds. The molecule has 2 atom stereocenters. The van der Waals surface area contributed by atoms with Gasteiger partial charge in [0.2, 0.25) is 5.91 Å². The van der Waals surface area contributed by atoms with E-state index in [2.05, 4.69) is 10.6 Å². The predicted octanol–water partition coefficient (Wildman–Crippen LogP) is 3.66. The minimum atomic E-state index is -0.728. The highest BCUT2D eigenvalue weighted by Gasteiger charge is 2.46. The van der Waals surface area contributed by atoms with Gasteiger partial charge in [0.15, 0.2) is 0 Å². The highest BCUT2D eigenvalue weighted by atomic mass is 35.5. The van der Waals surface area contributed by atoms with Gasteiger partial charge in [0.05, 0.1) is 23.9 Å². The van der Waals surface area contributed by atoms with Crippen LogP contribution in [0.2, 0.25) is 5.02 Å². The van der Waals surface area contributed by atoms with Crippen LogP contribution in [-0.2, 0) is 16.0 Å². The maximum Gasteiger partial charge on any atom is 0.322 e. The Morgan fingerprint density at radius 1 is 1.12 bits per heavy atom. The lowest BCUT2D eigenvalue weighted by atomic mass is 9.95. The lowest BCUT2D eigenvalue weighted by Gasteiger charge is -2.31. The number of urea groups is 1. The van der Waals surface area contributed by atoms with Crippen LogP contribution >= 0.6 is 11.6 Å². The average molecular weight is 481 g/mol. The van der Waals surface area contributed by atoms with Crippen molar-refractivity contribution < 1.29 is 14.4 Å². The predicted molar refractivity (Wildman–Crippen MR) is 131 cm³/mol. The number of carbonyl (C=O) groups is 3. The van der Waals surface area contributed by atoms with Crippen molar-refractivity contribution in [2.24, 2.45) is 0 Å². The molecule has 2 heterocycles. The molecule has 2 aromatic rings. The minimum absolute atomic E-state index is 0.178. The van der Waals surface area contributed by atoms with Crippen molar-refractivity contribution in [1.82, 2.24) is 20.4 Å². The van der Waals surface area contributed by atoms with Crippen LogP contribution in [0.5, 0.6) is 0 Å². The Balaban J connectivity index is 1.70. The zero-order valence-electron chi connectivity index (χ0n) is 19.8. The Kier molecular flexibility index (Phi) is 6.41. The Bertz CT molecular complexity index is 1140. The van der Waals surface area contributed by atoms with Crippen LogP contribution in [0, 0.1) is 0 Å². The lowest BCUT2D eigenvalue weighted by Crippen LogP contribution is -2.54. The molecule has 0 aromatic heterocycles. The van der Waals surface area contributed by atoms with Crippen molar-refractivity contribution in [2.45, 2.75) is 44.8 Å². The summed E-state index contributed by atoms with van der Waals surface area (Å²) in [4.78, 5) is 43.0. The largest absolute Gasteiger partial charge is 0.350 e. The number of likely N-dealkylation sites (N-methyl/N-ethyl adjacent to an activating group) is 1. The van der Waals surface area contributed by atoms with Gasteiger partial charge in [-0.15, -0.1) is 0 Å². The Hall–Kier alpha value is -3.32. The van der Waals surface area contributed by atoms with Gasteiger partial charge in [0, 0.05) is 24.0 Å². The summed E-state index contributed by atoms with van der Waals surface area (Å²) in [5.74, 6) is -0.485. The third kappa shape index (κ3) is 4.80. The van der Waals surface area contributed by atoms with Gasteiger partial charge in [-0.05, 0) is 44.0 Å². The Morgan fingerprint density at radius 2 is 1.76 bits per heavy atom. The first-order valence-electron chi connectivity index (χ1n) is 11.2. The van der Waals surface area contributed by atoms with Crippen LogP contribution in [0.15, 0.2) is 65.9 Å². The summed E-state index contributed by atoms with van der Waals surface area (Å²) < 4.78 is 0. The zero-order chi connectivity index (χ0) is 24.6. The van der Waals surface area contributed by atoms with Gasteiger partial charge >= 0.3 is 6.03 Å². The van der Waals surface area contributed by atoms with Gasteiger partial charge in [-0.25, -0.2) is 4.79 Å². The average Bonchev–Trinajstić information content (AvgIpc) is 3.12. The fraction of sp³-hybridized carbons (Fsp3) is 0.346. The van der Waals surface area contributed by atoms with Gasteiger partial charge in [0.25, 0.3) is 5.91 Å². The van der Waals surface area contributed by atoms with E-state index in [-0.39, 0.29) is 24.4 Å². The highest BCUT2D eigenvalue weighted by Crippen LogP contribution is 2.37. The summed E-state index contributed by atoms with van der Waals surface area (Å²) in [6.07, 6.45) is 0.367. The molecule has 0 spiro atoms. The van der Waals surface area contributed by atoms with E-state index in [0.717, 1.165) is 11.1 Å². The van der Waals surface area contributed by atoms with E-state index in [9.17, 15) is 14.4 Å². The number of amides is 4. The third-order valence-corrected chi connectivity index (χ3v) is 6.29. The van der Waals surface area contributed by atoms with Gasteiger partial charge in [-0.1, -0.05) is 54.1 Å². The summed E-state index contributed by atoms with van der Waals surface area (Å²) in [6.45, 7) is 5.91. The normalized spacial score (nSPS) is 19.1. The number of benzene rings is 2. The fourth-order valence-corrected chi connectivity index (χ4v) is 4.51. The summed E-state index contributed by atoms with van der Waals surface area (Å²) in [5.41, 5.74) is 2.34. The van der Waals surface area contributed by atoms with Crippen molar-refractivity contribution in [3.63, 3.8) is 0 Å². The Labute approximate surface area is 204 Å². The molecule has 0 bridgehead atoms. The number of carbonyl (C=O) groups excluding carboxylic acids is 3. The molecule has 0 saturated heterocycles. The van der Waals surface area contributed by atoms with Crippen LogP contribution in [0.25, 0.3) is 0 Å². The van der Waals surface area contributed by atoms with Gasteiger partial charge in [-0.2, -0.15) is 0 Å². The standard InChI is InChI=1S/C26H29ClN4O3/c1-26(2,3)29-23(32)19(14-16-8-6-5-7-9-16)31-15-20-21(24(31)33)22(28-25(34)30(20)4)17-10-12-18(27)13-11-17/h5-13,19,22H,14-15H2,1-4H3,(H,28,34)(H,29,32)/t19-,22-/m0/s1. The van der Waals surface area contributed by atoms with Gasteiger partial charge in [-0.3, -0.25) is 14.5 Å². The second-order valence-electron chi connectivity index (χ2n) is 9.73. The van der Waals surface area contributed by atoms with Crippen LogP contribution in [0.4, 0.5) is 4.79 Å². The molecule has 0 unspecified atom stereocenters. The van der Waals surface area contributed by atoms with E-state index < -0.39 is 17.6 Å². The molecule has 2 N–H and O–H groups in total.